The highest BCUT2D eigenvalue weighted by atomic mass is 35.5. The molecule has 0 fully saturated rings. The van der Waals surface area contributed by atoms with Crippen LogP contribution in [0.3, 0.4) is 0 Å². The monoisotopic (exact) mass is 622 g/mol. The lowest BCUT2D eigenvalue weighted by Gasteiger charge is -2.24. The Kier molecular flexibility index (Phi) is 6.93. The van der Waals surface area contributed by atoms with Crippen molar-refractivity contribution in [3.05, 3.63) is 148 Å². The maximum atomic E-state index is 14.4. The summed E-state index contributed by atoms with van der Waals surface area (Å²) in [5, 5.41) is 5.44. The normalized spacial score (nSPS) is 17.0. The molecule has 2 aliphatic heterocycles. The van der Waals surface area contributed by atoms with E-state index in [4.69, 9.17) is 16.6 Å². The van der Waals surface area contributed by atoms with Gasteiger partial charge in [0.1, 0.15) is 10.6 Å². The molecule has 7 rings (SSSR count). The number of aromatic nitrogens is 1. The van der Waals surface area contributed by atoms with E-state index in [0.29, 0.717) is 43.6 Å². The van der Waals surface area contributed by atoms with E-state index < -0.39 is 6.04 Å². The molecule has 0 saturated heterocycles. The number of hydrogen-bond acceptors (Lipinski definition) is 6. The highest BCUT2D eigenvalue weighted by molar-refractivity contribution is 7.10. The van der Waals surface area contributed by atoms with Crippen LogP contribution in [0.2, 0.25) is 5.02 Å². The van der Waals surface area contributed by atoms with Gasteiger partial charge in [-0.05, 0) is 48.2 Å². The van der Waals surface area contributed by atoms with Gasteiger partial charge in [-0.15, -0.1) is 11.3 Å². The fourth-order valence-electron chi connectivity index (χ4n) is 5.55. The summed E-state index contributed by atoms with van der Waals surface area (Å²) in [4.78, 5) is 49.8. The Labute approximate surface area is 259 Å². The minimum Gasteiger partial charge on any atom is -0.322 e. The maximum absolute atomic E-state index is 14.4. The number of thiophene rings is 1. The number of benzene rings is 3. The van der Waals surface area contributed by atoms with Gasteiger partial charge in [-0.25, -0.2) is 4.99 Å². The zero-order valence-electron chi connectivity index (χ0n) is 22.8. The van der Waals surface area contributed by atoms with Gasteiger partial charge in [0.05, 0.1) is 29.1 Å². The van der Waals surface area contributed by atoms with Crippen molar-refractivity contribution in [1.29, 1.82) is 0 Å². The van der Waals surface area contributed by atoms with Crippen LogP contribution in [0.4, 0.5) is 11.4 Å². The van der Waals surface area contributed by atoms with Crippen molar-refractivity contribution >= 4 is 63.0 Å². The lowest BCUT2D eigenvalue weighted by atomic mass is 10.0. The van der Waals surface area contributed by atoms with Crippen LogP contribution in [-0.2, 0) is 16.1 Å². The van der Waals surface area contributed by atoms with Gasteiger partial charge in [-0.1, -0.05) is 83.6 Å². The second-order valence-corrected chi connectivity index (χ2v) is 12.5. The van der Waals surface area contributed by atoms with Crippen LogP contribution in [0.25, 0.3) is 5.57 Å². The van der Waals surface area contributed by atoms with E-state index in [1.807, 2.05) is 90.3 Å². The highest BCUT2D eigenvalue weighted by Crippen LogP contribution is 2.37. The smallest absolute Gasteiger partial charge is 0.272 e. The molecule has 1 atom stereocenters. The van der Waals surface area contributed by atoms with Crippen LogP contribution < -0.4 is 25.1 Å². The zero-order valence-corrected chi connectivity index (χ0v) is 25.2. The standard InChI is InChI=1S/C33H23ClN4O3S2/c1-19-26(30(39)36-21-11-3-2-4-12-21)28(25-16-9-17-42-25)38-32(41)29(43-33(38)35-19)27-22-13-6-8-15-24(22)37(31(27)40)18-20-10-5-7-14-23(20)34/h2-17,28H,18H2,1H3,(H,36,39)/b29-27+/t28-/m0/s1. The molecule has 0 unspecified atom stereocenters. The number of fused-ring (bicyclic) bond motifs is 2. The van der Waals surface area contributed by atoms with Gasteiger partial charge in [0.15, 0.2) is 4.80 Å². The molecule has 0 bridgehead atoms. The number of hydrogen-bond donors (Lipinski definition) is 1. The molecular weight excluding hydrogens is 600 g/mol. The van der Waals surface area contributed by atoms with E-state index >= 15 is 0 Å². The quantitative estimate of drug-likeness (QED) is 0.281. The van der Waals surface area contributed by atoms with Gasteiger partial charge in [0.2, 0.25) is 0 Å². The number of para-hydroxylation sites is 2. The molecule has 2 aromatic heterocycles. The second-order valence-electron chi connectivity index (χ2n) is 10.1. The summed E-state index contributed by atoms with van der Waals surface area (Å²) in [6.07, 6.45) is 0. The molecule has 4 heterocycles. The summed E-state index contributed by atoms with van der Waals surface area (Å²) in [5.74, 6) is -0.617. The molecule has 0 spiro atoms. The van der Waals surface area contributed by atoms with E-state index in [9.17, 15) is 14.4 Å². The Morgan fingerprint density at radius 2 is 1.70 bits per heavy atom. The molecule has 10 heteroatoms. The Hall–Kier alpha value is -4.57. The highest BCUT2D eigenvalue weighted by Gasteiger charge is 2.37. The van der Waals surface area contributed by atoms with Crippen molar-refractivity contribution in [3.63, 3.8) is 0 Å². The van der Waals surface area contributed by atoms with Crippen molar-refractivity contribution in [2.45, 2.75) is 19.5 Å². The minimum absolute atomic E-state index is 0.262. The third-order valence-corrected chi connectivity index (χ3v) is 9.87. The zero-order chi connectivity index (χ0) is 29.7. The van der Waals surface area contributed by atoms with Crippen molar-refractivity contribution in [1.82, 2.24) is 4.57 Å². The van der Waals surface area contributed by atoms with Crippen molar-refractivity contribution in [3.8, 4) is 0 Å². The molecular formula is C33H23ClN4O3S2. The molecule has 212 valence electrons. The van der Waals surface area contributed by atoms with Gasteiger partial charge < -0.3 is 10.2 Å². The Morgan fingerprint density at radius 1 is 0.953 bits per heavy atom. The van der Waals surface area contributed by atoms with Crippen LogP contribution in [0.1, 0.15) is 29.0 Å². The number of amides is 2. The largest absolute Gasteiger partial charge is 0.322 e. The van der Waals surface area contributed by atoms with Crippen molar-refractivity contribution < 1.29 is 9.59 Å². The molecule has 5 aromatic rings. The van der Waals surface area contributed by atoms with Crippen molar-refractivity contribution in [2.24, 2.45) is 4.99 Å². The molecule has 1 N–H and O–H groups in total. The number of carbonyl (C=O) groups is 2. The minimum atomic E-state index is -0.694. The Balaban J connectivity index is 1.39. The number of thiazole rings is 1. The molecule has 2 aliphatic rings. The summed E-state index contributed by atoms with van der Waals surface area (Å²) in [5.41, 5.74) is 3.70. The predicted octanol–water partition coefficient (Wildman–Crippen LogP) is 5.51. The van der Waals surface area contributed by atoms with Gasteiger partial charge in [-0.3, -0.25) is 19.0 Å². The number of allylic oxidation sites excluding steroid dienone is 1. The van der Waals surface area contributed by atoms with Crippen molar-refractivity contribution in [2.75, 3.05) is 10.2 Å². The average Bonchev–Trinajstić information content (AvgIpc) is 3.72. The van der Waals surface area contributed by atoms with Crippen LogP contribution in [0, 0.1) is 0 Å². The van der Waals surface area contributed by atoms with Gasteiger partial charge in [0.25, 0.3) is 17.4 Å². The van der Waals surface area contributed by atoms with E-state index in [1.165, 1.54) is 22.7 Å². The third kappa shape index (κ3) is 4.66. The maximum Gasteiger partial charge on any atom is 0.272 e. The lowest BCUT2D eigenvalue weighted by molar-refractivity contribution is -0.114. The molecule has 43 heavy (non-hydrogen) atoms. The van der Waals surface area contributed by atoms with E-state index in [0.717, 1.165) is 10.4 Å². The second kappa shape index (κ2) is 10.9. The summed E-state index contributed by atoms with van der Waals surface area (Å²) >= 11 is 9.08. The predicted molar refractivity (Wildman–Crippen MR) is 171 cm³/mol. The first kappa shape index (κ1) is 27.3. The number of rotatable bonds is 5. The number of nitrogens with one attached hydrogen (secondary N) is 1. The molecule has 3 aromatic carbocycles. The summed E-state index contributed by atoms with van der Waals surface area (Å²) in [7, 11) is 0. The first-order valence-electron chi connectivity index (χ1n) is 13.5. The summed E-state index contributed by atoms with van der Waals surface area (Å²) < 4.78 is 1.84. The van der Waals surface area contributed by atoms with E-state index in [1.54, 1.807) is 22.5 Å². The molecule has 0 aliphatic carbocycles. The van der Waals surface area contributed by atoms with Gasteiger partial charge in [0, 0.05) is 21.2 Å². The Bertz CT molecular complexity index is 2130. The SMILES string of the molecule is CC1=C(C(=O)Nc2ccccc2)[C@H](c2cccs2)n2c(s/c(=C3/C(=O)N(Cc4ccccc4Cl)c4ccccc43)c2=O)=N1. The van der Waals surface area contributed by atoms with Crippen LogP contribution in [-0.4, -0.2) is 16.4 Å². The number of nitrogens with zero attached hydrogens (tertiary/aromatic N) is 3. The average molecular weight is 623 g/mol. The molecule has 0 radical (unpaired) electrons. The fraction of sp³-hybridized carbons (Fsp3) is 0.0909. The third-order valence-electron chi connectivity index (χ3n) is 7.52. The van der Waals surface area contributed by atoms with E-state index in [-0.39, 0.29) is 28.5 Å². The van der Waals surface area contributed by atoms with E-state index in [2.05, 4.69) is 5.32 Å². The van der Waals surface area contributed by atoms with Crippen LogP contribution in [0.15, 0.2) is 117 Å². The number of anilines is 2. The number of halogens is 1. The summed E-state index contributed by atoms with van der Waals surface area (Å²) in [6, 6.07) is 27.1. The summed E-state index contributed by atoms with van der Waals surface area (Å²) in [6.45, 7) is 2.04. The van der Waals surface area contributed by atoms with Gasteiger partial charge >= 0.3 is 0 Å². The molecule has 2 amide bonds. The first-order valence-corrected chi connectivity index (χ1v) is 15.6. The molecule has 7 nitrogen and oxygen atoms in total. The lowest BCUT2D eigenvalue weighted by Crippen LogP contribution is -2.41. The van der Waals surface area contributed by atoms with Crippen LogP contribution in [0.5, 0.6) is 0 Å². The topological polar surface area (TPSA) is 83.8 Å². The fourth-order valence-corrected chi connectivity index (χ4v) is 7.71. The Morgan fingerprint density at radius 3 is 2.47 bits per heavy atom. The molecule has 0 saturated carbocycles. The van der Waals surface area contributed by atoms with Gasteiger partial charge in [-0.2, -0.15) is 0 Å². The van der Waals surface area contributed by atoms with Crippen LogP contribution >= 0.6 is 34.3 Å². The first-order chi connectivity index (χ1) is 20.9. The number of carbonyl (C=O) groups excluding carboxylic acids is 2.